The molecular formula is C26H33ClN4O5. The van der Waals surface area contributed by atoms with E-state index in [-0.39, 0.29) is 18.0 Å². The molecule has 2 aliphatic rings. The van der Waals surface area contributed by atoms with Crippen LogP contribution in [0.1, 0.15) is 10.4 Å². The summed E-state index contributed by atoms with van der Waals surface area (Å²) in [5.74, 6) is 0.624. The molecule has 0 aliphatic carbocycles. The monoisotopic (exact) mass is 516 g/mol. The van der Waals surface area contributed by atoms with E-state index >= 15 is 0 Å². The quantitative estimate of drug-likeness (QED) is 0.580. The van der Waals surface area contributed by atoms with Crippen LogP contribution in [0.5, 0.6) is 5.75 Å². The van der Waals surface area contributed by atoms with Gasteiger partial charge in [0, 0.05) is 55.5 Å². The molecule has 36 heavy (non-hydrogen) atoms. The van der Waals surface area contributed by atoms with E-state index < -0.39 is 0 Å². The zero-order valence-electron chi connectivity index (χ0n) is 20.5. The van der Waals surface area contributed by atoms with Crippen molar-refractivity contribution in [2.45, 2.75) is 6.10 Å². The van der Waals surface area contributed by atoms with Crippen molar-refractivity contribution >= 4 is 29.2 Å². The predicted octanol–water partition coefficient (Wildman–Crippen LogP) is 3.06. The average Bonchev–Trinajstić information content (AvgIpc) is 2.91. The van der Waals surface area contributed by atoms with E-state index in [2.05, 4.69) is 10.2 Å². The molecule has 0 unspecified atom stereocenters. The van der Waals surface area contributed by atoms with Gasteiger partial charge in [-0.25, -0.2) is 4.79 Å². The molecule has 0 spiro atoms. The van der Waals surface area contributed by atoms with Crippen LogP contribution in [-0.4, -0.2) is 105 Å². The van der Waals surface area contributed by atoms with E-state index in [1.54, 1.807) is 60.5 Å². The Balaban J connectivity index is 1.40. The van der Waals surface area contributed by atoms with Gasteiger partial charge >= 0.3 is 6.03 Å². The van der Waals surface area contributed by atoms with Crippen molar-refractivity contribution in [3.05, 3.63) is 59.1 Å². The Morgan fingerprint density at radius 1 is 1.11 bits per heavy atom. The molecule has 1 N–H and O–H groups in total. The molecule has 0 saturated carbocycles. The second-order valence-electron chi connectivity index (χ2n) is 8.81. The zero-order chi connectivity index (χ0) is 25.3. The normalized spacial score (nSPS) is 18.5. The molecule has 194 valence electrons. The van der Waals surface area contributed by atoms with Crippen molar-refractivity contribution < 1.29 is 23.8 Å². The molecule has 1 atom stereocenters. The number of rotatable bonds is 8. The van der Waals surface area contributed by atoms with Crippen LogP contribution in [0.2, 0.25) is 5.02 Å². The van der Waals surface area contributed by atoms with Gasteiger partial charge in [0.1, 0.15) is 5.75 Å². The number of urea groups is 1. The van der Waals surface area contributed by atoms with E-state index in [1.165, 1.54) is 0 Å². The number of methoxy groups -OCH3 is 1. The van der Waals surface area contributed by atoms with E-state index in [9.17, 15) is 9.59 Å². The molecule has 0 bridgehead atoms. The predicted molar refractivity (Wildman–Crippen MR) is 138 cm³/mol. The summed E-state index contributed by atoms with van der Waals surface area (Å²) in [6, 6.07) is 13.9. The third kappa shape index (κ3) is 7.33. The molecule has 9 nitrogen and oxygen atoms in total. The maximum atomic E-state index is 13.5. The van der Waals surface area contributed by atoms with Crippen LogP contribution in [0.4, 0.5) is 10.5 Å². The number of carbonyl (C=O) groups excluding carboxylic acids is 2. The third-order valence-corrected chi connectivity index (χ3v) is 6.58. The van der Waals surface area contributed by atoms with E-state index in [0.717, 1.165) is 19.6 Å². The van der Waals surface area contributed by atoms with Gasteiger partial charge < -0.3 is 29.3 Å². The number of ether oxygens (including phenoxy) is 3. The largest absolute Gasteiger partial charge is 0.497 e. The Hall–Kier alpha value is -2.85. The first kappa shape index (κ1) is 26.2. The van der Waals surface area contributed by atoms with Gasteiger partial charge in [0.05, 0.1) is 39.6 Å². The first-order chi connectivity index (χ1) is 17.5. The highest BCUT2D eigenvalue weighted by Crippen LogP contribution is 2.18. The van der Waals surface area contributed by atoms with Gasteiger partial charge in [0.15, 0.2) is 0 Å². The Bertz CT molecular complexity index is 1020. The van der Waals surface area contributed by atoms with Gasteiger partial charge in [-0.3, -0.25) is 9.69 Å². The minimum Gasteiger partial charge on any atom is -0.497 e. The Morgan fingerprint density at radius 2 is 1.89 bits per heavy atom. The number of hydrogen-bond acceptors (Lipinski definition) is 6. The first-order valence-electron chi connectivity index (χ1n) is 12.2. The number of halogens is 1. The fourth-order valence-electron chi connectivity index (χ4n) is 4.31. The Labute approximate surface area is 216 Å². The summed E-state index contributed by atoms with van der Waals surface area (Å²) in [5, 5.41) is 3.45. The van der Waals surface area contributed by atoms with Gasteiger partial charge in [-0.15, -0.1) is 0 Å². The van der Waals surface area contributed by atoms with Crippen molar-refractivity contribution in [1.82, 2.24) is 14.7 Å². The van der Waals surface area contributed by atoms with E-state index in [4.69, 9.17) is 25.8 Å². The van der Waals surface area contributed by atoms with Gasteiger partial charge in [-0.1, -0.05) is 17.7 Å². The summed E-state index contributed by atoms with van der Waals surface area (Å²) in [6.07, 6.45) is -0.296. The molecular weight excluding hydrogens is 484 g/mol. The second-order valence-corrected chi connectivity index (χ2v) is 9.25. The minimum absolute atomic E-state index is 0.0741. The lowest BCUT2D eigenvalue weighted by molar-refractivity contribution is -0.0282. The molecule has 2 saturated heterocycles. The standard InChI is InChI=1S/C26H33ClN4O5/c1-34-23-7-5-20(6-8-23)25(32)30(10-9-29-11-14-35-15-12-29)18-24-19-31(13-16-36-24)26(33)28-22-4-2-3-21(27)17-22/h2-8,17,24H,9-16,18-19H2,1H3,(H,28,33)/t24-/m1/s1. The molecule has 3 amide bonds. The van der Waals surface area contributed by atoms with Crippen LogP contribution in [0.3, 0.4) is 0 Å². The molecule has 2 heterocycles. The van der Waals surface area contributed by atoms with E-state index in [1.807, 2.05) is 4.90 Å². The maximum Gasteiger partial charge on any atom is 0.322 e. The average molecular weight is 517 g/mol. The lowest BCUT2D eigenvalue weighted by Crippen LogP contribution is -2.52. The van der Waals surface area contributed by atoms with Crippen molar-refractivity contribution in [3.63, 3.8) is 0 Å². The summed E-state index contributed by atoms with van der Waals surface area (Å²) >= 11 is 6.04. The minimum atomic E-state index is -0.296. The number of nitrogens with zero attached hydrogens (tertiary/aromatic N) is 3. The highest BCUT2D eigenvalue weighted by Gasteiger charge is 2.28. The Kier molecular flexibility index (Phi) is 9.41. The van der Waals surface area contributed by atoms with Crippen LogP contribution >= 0.6 is 11.6 Å². The molecule has 2 aliphatic heterocycles. The number of amides is 3. The summed E-state index contributed by atoms with van der Waals surface area (Å²) in [5.41, 5.74) is 1.22. The lowest BCUT2D eigenvalue weighted by Gasteiger charge is -2.36. The smallest absolute Gasteiger partial charge is 0.322 e. The highest BCUT2D eigenvalue weighted by atomic mass is 35.5. The van der Waals surface area contributed by atoms with Gasteiger partial charge in [0.25, 0.3) is 5.91 Å². The number of benzene rings is 2. The van der Waals surface area contributed by atoms with Crippen molar-refractivity contribution in [3.8, 4) is 5.75 Å². The molecule has 2 aromatic carbocycles. The number of hydrogen-bond donors (Lipinski definition) is 1. The van der Waals surface area contributed by atoms with Crippen LogP contribution < -0.4 is 10.1 Å². The fraction of sp³-hybridized carbons (Fsp3) is 0.462. The van der Waals surface area contributed by atoms with Crippen LogP contribution in [0.15, 0.2) is 48.5 Å². The topological polar surface area (TPSA) is 83.6 Å². The van der Waals surface area contributed by atoms with Crippen molar-refractivity contribution in [1.29, 1.82) is 0 Å². The highest BCUT2D eigenvalue weighted by molar-refractivity contribution is 6.30. The SMILES string of the molecule is COc1ccc(C(=O)N(CCN2CCOCC2)C[C@@H]2CN(C(=O)Nc3cccc(Cl)c3)CCO2)cc1. The number of anilines is 1. The lowest BCUT2D eigenvalue weighted by atomic mass is 10.1. The molecule has 4 rings (SSSR count). The van der Waals surface area contributed by atoms with Crippen molar-refractivity contribution in [2.24, 2.45) is 0 Å². The summed E-state index contributed by atoms with van der Waals surface area (Å²) in [7, 11) is 1.60. The van der Waals surface area contributed by atoms with Crippen LogP contribution in [-0.2, 0) is 9.47 Å². The zero-order valence-corrected chi connectivity index (χ0v) is 21.3. The van der Waals surface area contributed by atoms with Crippen LogP contribution in [0, 0.1) is 0 Å². The summed E-state index contributed by atoms with van der Waals surface area (Å²) < 4.78 is 16.7. The molecule has 2 fully saturated rings. The Morgan fingerprint density at radius 3 is 2.61 bits per heavy atom. The van der Waals surface area contributed by atoms with Gasteiger partial charge in [0.2, 0.25) is 0 Å². The molecule has 10 heteroatoms. The maximum absolute atomic E-state index is 13.5. The van der Waals surface area contributed by atoms with E-state index in [0.29, 0.717) is 68.0 Å². The van der Waals surface area contributed by atoms with Gasteiger partial charge in [-0.05, 0) is 42.5 Å². The second kappa shape index (κ2) is 12.9. The summed E-state index contributed by atoms with van der Waals surface area (Å²) in [4.78, 5) is 32.2. The number of nitrogens with one attached hydrogen (secondary N) is 1. The molecule has 0 radical (unpaired) electrons. The summed E-state index contributed by atoms with van der Waals surface area (Å²) in [6.45, 7) is 6.06. The van der Waals surface area contributed by atoms with Crippen LogP contribution in [0.25, 0.3) is 0 Å². The fourth-order valence-corrected chi connectivity index (χ4v) is 4.50. The third-order valence-electron chi connectivity index (χ3n) is 6.34. The first-order valence-corrected chi connectivity index (χ1v) is 12.6. The van der Waals surface area contributed by atoms with Gasteiger partial charge in [-0.2, -0.15) is 0 Å². The number of carbonyl (C=O) groups is 2. The molecule has 2 aromatic rings. The molecule has 0 aromatic heterocycles. The number of morpholine rings is 2. The van der Waals surface area contributed by atoms with Crippen molar-refractivity contribution in [2.75, 3.05) is 78.1 Å².